The maximum atomic E-state index is 13.0. The van der Waals surface area contributed by atoms with Crippen molar-refractivity contribution < 1.29 is 14.3 Å². The lowest BCUT2D eigenvalue weighted by atomic mass is 10.1. The van der Waals surface area contributed by atoms with Gasteiger partial charge in [0.15, 0.2) is 0 Å². The zero-order valence-electron chi connectivity index (χ0n) is 19.4. The maximum absolute atomic E-state index is 13.0. The summed E-state index contributed by atoms with van der Waals surface area (Å²) in [5, 5.41) is 12.5. The van der Waals surface area contributed by atoms with Crippen molar-refractivity contribution in [2.75, 3.05) is 36.9 Å². The summed E-state index contributed by atoms with van der Waals surface area (Å²) in [7, 11) is 0. The highest BCUT2D eigenvalue weighted by Gasteiger charge is 2.22. The molecule has 1 aliphatic rings. The van der Waals surface area contributed by atoms with Crippen molar-refractivity contribution in [2.45, 2.75) is 32.7 Å². The van der Waals surface area contributed by atoms with Crippen LogP contribution in [0.3, 0.4) is 0 Å². The largest absolute Gasteiger partial charge is 0.476 e. The molecule has 4 rings (SSSR count). The molecular weight excluding hydrogens is 434 g/mol. The minimum Gasteiger partial charge on any atom is -0.476 e. The van der Waals surface area contributed by atoms with Crippen molar-refractivity contribution >= 4 is 23.1 Å². The average molecular weight is 464 g/mol. The van der Waals surface area contributed by atoms with Gasteiger partial charge in [-0.1, -0.05) is 0 Å². The fourth-order valence-corrected chi connectivity index (χ4v) is 3.73. The van der Waals surface area contributed by atoms with Gasteiger partial charge in [-0.05, 0) is 58.0 Å². The number of likely N-dealkylation sites (tertiary alicyclic amines) is 1. The van der Waals surface area contributed by atoms with Gasteiger partial charge in [-0.3, -0.25) is 24.6 Å². The smallest absolute Gasteiger partial charge is 0.257 e. The highest BCUT2D eigenvalue weighted by atomic mass is 16.5. The molecule has 34 heavy (non-hydrogen) atoms. The molecule has 178 valence electrons. The van der Waals surface area contributed by atoms with Crippen LogP contribution < -0.4 is 15.4 Å². The van der Waals surface area contributed by atoms with Crippen molar-refractivity contribution in [3.05, 3.63) is 59.8 Å². The first-order valence-electron chi connectivity index (χ1n) is 11.4. The van der Waals surface area contributed by atoms with Crippen LogP contribution in [0.1, 0.15) is 46.3 Å². The number of hydrogen-bond acceptors (Lipinski definition) is 8. The summed E-state index contributed by atoms with van der Waals surface area (Å²) >= 11 is 0. The summed E-state index contributed by atoms with van der Waals surface area (Å²) in [4.78, 5) is 36.3. The Balaban J connectivity index is 1.31. The van der Waals surface area contributed by atoms with Gasteiger partial charge in [0.2, 0.25) is 11.7 Å². The van der Waals surface area contributed by atoms with Crippen LogP contribution in [0.5, 0.6) is 5.88 Å². The maximum Gasteiger partial charge on any atom is 0.257 e. The number of H-pyrrole nitrogens is 1. The summed E-state index contributed by atoms with van der Waals surface area (Å²) in [5.41, 5.74) is 2.41. The number of aryl methyl sites for hydroxylation is 1. The molecule has 10 heteroatoms. The van der Waals surface area contributed by atoms with Gasteiger partial charge in [0, 0.05) is 24.5 Å². The predicted molar refractivity (Wildman–Crippen MR) is 128 cm³/mol. The number of nitrogens with one attached hydrogen (secondary N) is 3. The van der Waals surface area contributed by atoms with E-state index in [1.165, 1.54) is 25.2 Å². The molecule has 0 saturated carbocycles. The molecule has 1 saturated heterocycles. The lowest BCUT2D eigenvalue weighted by molar-refractivity contribution is 0.0971. The second kappa shape index (κ2) is 10.9. The Morgan fingerprint density at radius 3 is 2.65 bits per heavy atom. The lowest BCUT2D eigenvalue weighted by Gasteiger charge is -2.16. The number of aromatic nitrogens is 4. The molecule has 0 unspecified atom stereocenters. The quantitative estimate of drug-likeness (QED) is 0.392. The molecule has 10 nitrogen and oxygen atoms in total. The number of carbonyl (C=O) groups is 2. The van der Waals surface area contributed by atoms with Crippen LogP contribution in [0.15, 0.2) is 42.9 Å². The second-order valence-corrected chi connectivity index (χ2v) is 8.31. The van der Waals surface area contributed by atoms with E-state index in [1.54, 1.807) is 31.3 Å². The van der Waals surface area contributed by atoms with E-state index in [4.69, 9.17) is 4.74 Å². The fourth-order valence-electron chi connectivity index (χ4n) is 3.73. The summed E-state index contributed by atoms with van der Waals surface area (Å²) in [6.07, 6.45) is 7.05. The topological polar surface area (TPSA) is 125 Å². The molecular formula is C24H29N7O3. The van der Waals surface area contributed by atoms with Crippen molar-refractivity contribution in [3.63, 3.8) is 0 Å². The normalized spacial score (nSPS) is 14.5. The molecule has 3 aromatic heterocycles. The first kappa shape index (κ1) is 23.4. The van der Waals surface area contributed by atoms with Crippen LogP contribution in [0.25, 0.3) is 0 Å². The number of hydrogen-bond donors (Lipinski definition) is 3. The Kier molecular flexibility index (Phi) is 7.48. The van der Waals surface area contributed by atoms with Gasteiger partial charge in [-0.25, -0.2) is 4.98 Å². The summed E-state index contributed by atoms with van der Waals surface area (Å²) in [5.74, 6) is -0.0678. The number of carbonyl (C=O) groups excluding carboxylic acids is 2. The van der Waals surface area contributed by atoms with Gasteiger partial charge in [0.05, 0.1) is 35.4 Å². The number of Topliss-reactive ketones (excluding diaryl/α,β-unsaturated/α-hetero) is 1. The average Bonchev–Trinajstić information content (AvgIpc) is 3.52. The molecule has 1 atom stereocenters. The van der Waals surface area contributed by atoms with Gasteiger partial charge < -0.3 is 15.4 Å². The number of rotatable bonds is 10. The fraction of sp³-hybridized carbons (Fsp3) is 0.375. The number of ether oxygens (including phenoxy) is 1. The van der Waals surface area contributed by atoms with Crippen LogP contribution in [0.4, 0.5) is 11.4 Å². The van der Waals surface area contributed by atoms with E-state index in [2.05, 4.69) is 35.7 Å². The number of anilines is 2. The first-order valence-corrected chi connectivity index (χ1v) is 11.4. The van der Waals surface area contributed by atoms with Crippen LogP contribution in [0.2, 0.25) is 0 Å². The lowest BCUT2D eigenvalue weighted by Crippen LogP contribution is -2.27. The molecule has 3 N–H and O–H groups in total. The van der Waals surface area contributed by atoms with E-state index in [0.717, 1.165) is 25.3 Å². The molecule has 1 fully saturated rings. The van der Waals surface area contributed by atoms with Crippen LogP contribution in [-0.4, -0.2) is 69.0 Å². The molecule has 0 radical (unpaired) electrons. The minimum absolute atomic E-state index is 0.211. The predicted octanol–water partition coefficient (Wildman–Crippen LogP) is 2.92. The van der Waals surface area contributed by atoms with E-state index in [9.17, 15) is 9.59 Å². The number of amides is 1. The molecule has 3 aromatic rings. The standard InChI is InChI=1S/C24H29N7O3/c1-16-5-6-18(13-25-16)24(33)29-20-15-27-30-22(20)23(32)17(2)28-19-7-8-21(26-14-19)34-12-11-31-9-3-4-10-31/h5-8,13-15,17,28H,3-4,9-12H2,1-2H3,(H,27,30)(H,29,33)/t17-/m0/s1. The molecule has 0 aromatic carbocycles. The first-order chi connectivity index (χ1) is 16.5. The van der Waals surface area contributed by atoms with Crippen LogP contribution >= 0.6 is 0 Å². The summed E-state index contributed by atoms with van der Waals surface area (Å²) in [6.45, 7) is 7.35. The van der Waals surface area contributed by atoms with Crippen molar-refractivity contribution in [1.29, 1.82) is 0 Å². The highest BCUT2D eigenvalue weighted by Crippen LogP contribution is 2.18. The van der Waals surface area contributed by atoms with E-state index in [-0.39, 0.29) is 17.4 Å². The number of ketones is 1. The Labute approximate surface area is 198 Å². The van der Waals surface area contributed by atoms with Crippen molar-refractivity contribution in [3.8, 4) is 5.88 Å². The SMILES string of the molecule is Cc1ccc(C(=O)Nc2cn[nH]c2C(=O)[C@H](C)Nc2ccc(OCCN3CCCC3)nc2)cn1. The Morgan fingerprint density at radius 1 is 1.12 bits per heavy atom. The van der Waals surface area contributed by atoms with E-state index < -0.39 is 6.04 Å². The zero-order chi connectivity index (χ0) is 23.9. The molecule has 1 aliphatic heterocycles. The summed E-state index contributed by atoms with van der Waals surface area (Å²) in [6, 6.07) is 6.44. The number of pyridine rings is 2. The Morgan fingerprint density at radius 2 is 1.94 bits per heavy atom. The van der Waals surface area contributed by atoms with Gasteiger partial charge in [-0.15, -0.1) is 0 Å². The zero-order valence-corrected chi connectivity index (χ0v) is 19.4. The number of aromatic amines is 1. The monoisotopic (exact) mass is 463 g/mol. The molecule has 4 heterocycles. The van der Waals surface area contributed by atoms with E-state index in [0.29, 0.717) is 29.4 Å². The number of nitrogens with zero attached hydrogens (tertiary/aromatic N) is 4. The third-order valence-corrected chi connectivity index (χ3v) is 5.68. The molecule has 0 bridgehead atoms. The summed E-state index contributed by atoms with van der Waals surface area (Å²) < 4.78 is 5.72. The molecule has 1 amide bonds. The third-order valence-electron chi connectivity index (χ3n) is 5.68. The minimum atomic E-state index is -0.583. The van der Waals surface area contributed by atoms with Gasteiger partial charge in [-0.2, -0.15) is 5.10 Å². The highest BCUT2D eigenvalue weighted by molar-refractivity contribution is 6.10. The van der Waals surface area contributed by atoms with Crippen LogP contribution in [-0.2, 0) is 0 Å². The van der Waals surface area contributed by atoms with Gasteiger partial charge in [0.25, 0.3) is 5.91 Å². The third kappa shape index (κ3) is 5.96. The van der Waals surface area contributed by atoms with Gasteiger partial charge >= 0.3 is 0 Å². The Hall–Kier alpha value is -3.79. The molecule has 0 aliphatic carbocycles. The van der Waals surface area contributed by atoms with Crippen LogP contribution in [0, 0.1) is 6.92 Å². The second-order valence-electron chi connectivity index (χ2n) is 8.31. The van der Waals surface area contributed by atoms with Crippen molar-refractivity contribution in [1.82, 2.24) is 25.1 Å². The van der Waals surface area contributed by atoms with Crippen molar-refractivity contribution in [2.24, 2.45) is 0 Å². The Bertz CT molecular complexity index is 1110. The van der Waals surface area contributed by atoms with E-state index >= 15 is 0 Å². The molecule has 0 spiro atoms. The van der Waals surface area contributed by atoms with E-state index in [1.807, 2.05) is 13.0 Å². The van der Waals surface area contributed by atoms with Gasteiger partial charge in [0.1, 0.15) is 12.3 Å².